The van der Waals surface area contributed by atoms with Crippen LogP contribution in [0, 0.1) is 18.2 Å². The Labute approximate surface area is 291 Å². The highest BCUT2D eigenvalue weighted by molar-refractivity contribution is 7.85. The molecule has 0 aliphatic heterocycles. The molecule has 0 aliphatic rings. The third-order valence-electron chi connectivity index (χ3n) is 7.77. The predicted molar refractivity (Wildman–Crippen MR) is 193 cm³/mol. The van der Waals surface area contributed by atoms with Crippen molar-refractivity contribution >= 4 is 56.8 Å². The first kappa shape index (κ1) is 37.0. The van der Waals surface area contributed by atoms with Gasteiger partial charge in [-0.05, 0) is 71.2 Å². The molecule has 0 fully saturated rings. The number of anilines is 1. The van der Waals surface area contributed by atoms with Gasteiger partial charge in [-0.15, -0.1) is 0 Å². The molecular weight excluding hydrogens is 672 g/mol. The lowest BCUT2D eigenvalue weighted by molar-refractivity contribution is -0.117. The van der Waals surface area contributed by atoms with E-state index in [-0.39, 0.29) is 41.2 Å². The van der Waals surface area contributed by atoms with Crippen molar-refractivity contribution in [2.45, 2.75) is 52.9 Å². The van der Waals surface area contributed by atoms with Crippen LogP contribution in [0.1, 0.15) is 72.1 Å². The van der Waals surface area contributed by atoms with Gasteiger partial charge in [-0.3, -0.25) is 14.1 Å². The molecule has 6 nitrogen and oxygen atoms in total. The van der Waals surface area contributed by atoms with Gasteiger partial charge in [0, 0.05) is 22.6 Å². The van der Waals surface area contributed by atoms with Gasteiger partial charge in [0.2, 0.25) is 5.91 Å². The lowest BCUT2D eigenvalue weighted by Gasteiger charge is -2.19. The standard InChI is InChI=1S/C38H38Cl2FNO5S/c1-24-22-29(39)15-16-30(24)31-17-18-33(36(41)35(31)40)42-37(44)32(27-11-7-25(8-12-27)19-20-38(2,3)4)23-26-9-13-28(14-10-26)34(43)6-5-21-48(45,46)47/h7-20,22,32H,5-6,21,23H2,1-4H3,(H,42,44)(H,45,46,47)/b20-19+. The molecule has 1 amide bonds. The number of ketones is 1. The van der Waals surface area contributed by atoms with Crippen molar-refractivity contribution in [1.29, 1.82) is 0 Å². The van der Waals surface area contributed by atoms with Crippen molar-refractivity contribution in [2.24, 2.45) is 5.41 Å². The Balaban J connectivity index is 1.60. The number of carbonyl (C=O) groups excluding carboxylic acids is 2. The molecule has 0 aromatic heterocycles. The maximum atomic E-state index is 15.7. The van der Waals surface area contributed by atoms with Crippen LogP contribution in [0.2, 0.25) is 10.0 Å². The molecule has 4 aromatic rings. The molecule has 0 aliphatic carbocycles. The summed E-state index contributed by atoms with van der Waals surface area (Å²) in [7, 11) is -4.14. The van der Waals surface area contributed by atoms with Gasteiger partial charge in [0.05, 0.1) is 22.4 Å². The molecule has 1 unspecified atom stereocenters. The van der Waals surface area contributed by atoms with Crippen LogP contribution in [0.4, 0.5) is 10.1 Å². The van der Waals surface area contributed by atoms with E-state index in [2.05, 4.69) is 32.2 Å². The van der Waals surface area contributed by atoms with Gasteiger partial charge in [0.25, 0.3) is 10.1 Å². The zero-order chi connectivity index (χ0) is 35.2. The number of hydrogen-bond acceptors (Lipinski definition) is 4. The van der Waals surface area contributed by atoms with Gasteiger partial charge in [-0.2, -0.15) is 8.42 Å². The minimum absolute atomic E-state index is 0.00166. The minimum atomic E-state index is -4.14. The van der Waals surface area contributed by atoms with E-state index in [1.807, 2.05) is 37.3 Å². The second kappa shape index (κ2) is 15.6. The number of amides is 1. The van der Waals surface area contributed by atoms with E-state index in [1.54, 1.807) is 48.5 Å². The Hall–Kier alpha value is -3.82. The third kappa shape index (κ3) is 10.3. The topological polar surface area (TPSA) is 101 Å². The zero-order valence-corrected chi connectivity index (χ0v) is 29.5. The van der Waals surface area contributed by atoms with Crippen LogP contribution in [-0.4, -0.2) is 30.4 Å². The molecule has 0 bridgehead atoms. The van der Waals surface area contributed by atoms with E-state index in [4.69, 9.17) is 27.8 Å². The molecular formula is C38H38Cl2FNO5S. The van der Waals surface area contributed by atoms with Crippen LogP contribution >= 0.6 is 23.2 Å². The molecule has 0 radical (unpaired) electrons. The quantitative estimate of drug-likeness (QED) is 0.113. The van der Waals surface area contributed by atoms with Crippen molar-refractivity contribution in [3.8, 4) is 11.1 Å². The summed E-state index contributed by atoms with van der Waals surface area (Å²) < 4.78 is 46.6. The minimum Gasteiger partial charge on any atom is -0.323 e. The number of halogens is 3. The van der Waals surface area contributed by atoms with E-state index in [0.717, 1.165) is 22.3 Å². The predicted octanol–water partition coefficient (Wildman–Crippen LogP) is 9.98. The van der Waals surface area contributed by atoms with Crippen LogP contribution in [0.3, 0.4) is 0 Å². The first-order valence-corrected chi connectivity index (χ1v) is 17.8. The van der Waals surface area contributed by atoms with Crippen molar-refractivity contribution in [1.82, 2.24) is 0 Å². The molecule has 4 aromatic carbocycles. The number of allylic oxidation sites excluding steroid dienone is 1. The Morgan fingerprint density at radius 1 is 0.938 bits per heavy atom. The maximum absolute atomic E-state index is 15.7. The third-order valence-corrected chi connectivity index (χ3v) is 9.18. The maximum Gasteiger partial charge on any atom is 0.264 e. The average molecular weight is 711 g/mol. The number of nitrogens with one attached hydrogen (secondary N) is 1. The summed E-state index contributed by atoms with van der Waals surface area (Å²) >= 11 is 12.6. The van der Waals surface area contributed by atoms with E-state index < -0.39 is 33.5 Å². The molecule has 0 saturated heterocycles. The lowest BCUT2D eigenvalue weighted by Crippen LogP contribution is -2.23. The Morgan fingerprint density at radius 2 is 1.58 bits per heavy atom. The molecule has 4 rings (SSSR count). The van der Waals surface area contributed by atoms with Gasteiger partial charge in [-0.1, -0.05) is 117 Å². The fraction of sp³-hybridized carbons (Fsp3) is 0.263. The molecule has 2 N–H and O–H groups in total. The average Bonchev–Trinajstić information content (AvgIpc) is 3.01. The van der Waals surface area contributed by atoms with Gasteiger partial charge in [0.15, 0.2) is 11.6 Å². The summed E-state index contributed by atoms with van der Waals surface area (Å²) in [6, 6.07) is 22.7. The largest absolute Gasteiger partial charge is 0.323 e. The summed E-state index contributed by atoms with van der Waals surface area (Å²) in [5.74, 6) is -2.67. The van der Waals surface area contributed by atoms with Gasteiger partial charge in [0.1, 0.15) is 0 Å². The number of Topliss-reactive ketones (excluding diaryl/α,β-unsaturated/α-hetero) is 1. The Kier molecular flexibility index (Phi) is 12.0. The van der Waals surface area contributed by atoms with Gasteiger partial charge >= 0.3 is 0 Å². The monoisotopic (exact) mass is 709 g/mol. The fourth-order valence-corrected chi connectivity index (χ4v) is 6.18. The molecule has 48 heavy (non-hydrogen) atoms. The van der Waals surface area contributed by atoms with E-state index in [0.29, 0.717) is 21.7 Å². The number of hydrogen-bond donors (Lipinski definition) is 2. The number of carbonyl (C=O) groups is 2. The molecule has 0 spiro atoms. The lowest BCUT2D eigenvalue weighted by atomic mass is 9.89. The van der Waals surface area contributed by atoms with Crippen LogP contribution in [0.25, 0.3) is 17.2 Å². The van der Waals surface area contributed by atoms with E-state index in [9.17, 15) is 18.0 Å². The SMILES string of the molecule is Cc1cc(Cl)ccc1-c1ccc(NC(=O)C(Cc2ccc(C(=O)CCCS(=O)(=O)O)cc2)c2ccc(/C=C/C(C)(C)C)cc2)c(F)c1Cl. The summed E-state index contributed by atoms with van der Waals surface area (Å²) in [5.41, 5.74) is 4.79. The fourth-order valence-electron chi connectivity index (χ4n) is 5.17. The van der Waals surface area contributed by atoms with Gasteiger partial charge in [-0.25, -0.2) is 4.39 Å². The highest BCUT2D eigenvalue weighted by Gasteiger charge is 2.24. The van der Waals surface area contributed by atoms with E-state index in [1.165, 1.54) is 6.07 Å². The highest BCUT2D eigenvalue weighted by atomic mass is 35.5. The summed E-state index contributed by atoms with van der Waals surface area (Å²) in [6.07, 6.45) is 4.33. The van der Waals surface area contributed by atoms with Crippen LogP contribution in [0.15, 0.2) is 84.9 Å². The summed E-state index contributed by atoms with van der Waals surface area (Å²) in [4.78, 5) is 26.4. The van der Waals surface area contributed by atoms with Crippen LogP contribution < -0.4 is 5.32 Å². The Morgan fingerprint density at radius 3 is 2.19 bits per heavy atom. The number of aryl methyl sites for hydroxylation is 1. The molecule has 0 saturated carbocycles. The highest BCUT2D eigenvalue weighted by Crippen LogP contribution is 2.37. The smallest absolute Gasteiger partial charge is 0.264 e. The normalized spacial score (nSPS) is 12.7. The summed E-state index contributed by atoms with van der Waals surface area (Å²) in [6.45, 7) is 8.16. The second-order valence-electron chi connectivity index (χ2n) is 12.9. The summed E-state index contributed by atoms with van der Waals surface area (Å²) in [5, 5.41) is 3.17. The van der Waals surface area contributed by atoms with Crippen molar-refractivity contribution in [3.63, 3.8) is 0 Å². The molecule has 252 valence electrons. The van der Waals surface area contributed by atoms with Crippen molar-refractivity contribution in [2.75, 3.05) is 11.1 Å². The molecule has 1 atom stereocenters. The number of rotatable bonds is 12. The first-order valence-electron chi connectivity index (χ1n) is 15.4. The van der Waals surface area contributed by atoms with Crippen molar-refractivity contribution in [3.05, 3.63) is 129 Å². The van der Waals surface area contributed by atoms with Crippen LogP contribution in [-0.2, 0) is 21.3 Å². The van der Waals surface area contributed by atoms with Crippen molar-refractivity contribution < 1.29 is 27.0 Å². The van der Waals surface area contributed by atoms with Gasteiger partial charge < -0.3 is 5.32 Å². The van der Waals surface area contributed by atoms with Crippen LogP contribution in [0.5, 0.6) is 0 Å². The van der Waals surface area contributed by atoms with E-state index >= 15 is 4.39 Å². The molecule has 0 heterocycles. The second-order valence-corrected chi connectivity index (χ2v) is 15.3. The Bertz CT molecular complexity index is 1930. The first-order chi connectivity index (χ1) is 22.5. The zero-order valence-electron chi connectivity index (χ0n) is 27.2. The number of benzene rings is 4. The molecule has 10 heteroatoms.